The largest absolute Gasteiger partial charge is 0.443 e. The van der Waals surface area contributed by atoms with Gasteiger partial charge < -0.3 is 24.8 Å². The Labute approximate surface area is 178 Å². The molecule has 9 nitrogen and oxygen atoms in total. The van der Waals surface area contributed by atoms with Crippen LogP contribution in [0.25, 0.3) is 0 Å². The number of carbonyl (C=O) groups excluding carboxylic acids is 2. The number of nitrogens with zero attached hydrogens (tertiary/aromatic N) is 3. The smallest absolute Gasteiger partial charge is 0.420 e. The average molecular weight is 423 g/mol. The number of nitrogen functional groups attached to an aromatic ring is 1. The lowest BCUT2D eigenvalue weighted by Gasteiger charge is -2.43. The van der Waals surface area contributed by atoms with E-state index in [1.807, 2.05) is 11.0 Å². The molecule has 0 radical (unpaired) electrons. The predicted octanol–water partition coefficient (Wildman–Crippen LogP) is 3.43. The minimum atomic E-state index is -0.774. The first-order valence-corrected chi connectivity index (χ1v) is 10.0. The molecule has 1 aromatic heterocycles. The molecular formula is C21H34N4O5. The maximum atomic E-state index is 13.1. The fourth-order valence-electron chi connectivity index (χ4n) is 3.31. The zero-order valence-electron chi connectivity index (χ0n) is 19.0. The lowest BCUT2D eigenvalue weighted by Crippen LogP contribution is -2.60. The highest BCUT2D eigenvalue weighted by Gasteiger charge is 2.43. The summed E-state index contributed by atoms with van der Waals surface area (Å²) in [5, 5.41) is 0. The summed E-state index contributed by atoms with van der Waals surface area (Å²) in [7, 11) is 1.57. The van der Waals surface area contributed by atoms with Crippen molar-refractivity contribution in [1.82, 2.24) is 9.88 Å². The Hall–Kier alpha value is -2.55. The number of ether oxygens (including phenoxy) is 3. The Balaban J connectivity index is 2.39. The molecular weight excluding hydrogens is 388 g/mol. The van der Waals surface area contributed by atoms with Crippen LogP contribution in [0.15, 0.2) is 18.5 Å². The van der Waals surface area contributed by atoms with Crippen LogP contribution in [0.2, 0.25) is 0 Å². The highest BCUT2D eigenvalue weighted by Crippen LogP contribution is 2.29. The summed E-state index contributed by atoms with van der Waals surface area (Å²) in [5.74, 6) is 0. The van der Waals surface area contributed by atoms with Gasteiger partial charge in [0.1, 0.15) is 11.2 Å². The number of amides is 2. The van der Waals surface area contributed by atoms with Crippen molar-refractivity contribution in [2.24, 2.45) is 0 Å². The van der Waals surface area contributed by atoms with Crippen LogP contribution >= 0.6 is 0 Å². The molecule has 1 aliphatic rings. The van der Waals surface area contributed by atoms with E-state index in [1.165, 1.54) is 0 Å². The van der Waals surface area contributed by atoms with E-state index in [4.69, 9.17) is 19.9 Å². The Morgan fingerprint density at radius 1 is 1.13 bits per heavy atom. The molecule has 9 heteroatoms. The van der Waals surface area contributed by atoms with E-state index in [-0.39, 0.29) is 6.10 Å². The fraction of sp³-hybridized carbons (Fsp3) is 0.667. The summed E-state index contributed by atoms with van der Waals surface area (Å²) in [5.41, 5.74) is 5.86. The van der Waals surface area contributed by atoms with E-state index in [2.05, 4.69) is 4.98 Å². The molecule has 2 N–H and O–H groups in total. The first kappa shape index (κ1) is 23.7. The molecule has 2 heterocycles. The van der Waals surface area contributed by atoms with Gasteiger partial charge in [-0.1, -0.05) is 0 Å². The molecule has 0 spiro atoms. The van der Waals surface area contributed by atoms with Crippen molar-refractivity contribution >= 4 is 23.6 Å². The highest BCUT2D eigenvalue weighted by atomic mass is 16.6. The van der Waals surface area contributed by atoms with Gasteiger partial charge in [0.25, 0.3) is 0 Å². The van der Waals surface area contributed by atoms with Gasteiger partial charge in [-0.2, -0.15) is 0 Å². The standard InChI is InChI=1S/C21H34N4O5/c1-20(2,3)29-18(26)25(19(27)30-21(4,5)6)16-13-24(11-9-17(16)28-7)15-8-10-23-12-14(15)22/h8,10,12,16-17H,9,11,13,22H2,1-7H3/t16-,17-/m1/s1. The number of carbonyl (C=O) groups is 2. The van der Waals surface area contributed by atoms with Crippen LogP contribution in [0.3, 0.4) is 0 Å². The first-order chi connectivity index (χ1) is 13.8. The average Bonchev–Trinajstić information content (AvgIpc) is 2.59. The normalized spacial score (nSPS) is 19.9. The van der Waals surface area contributed by atoms with E-state index in [9.17, 15) is 9.59 Å². The van der Waals surface area contributed by atoms with Crippen molar-refractivity contribution in [2.75, 3.05) is 30.8 Å². The van der Waals surface area contributed by atoms with E-state index >= 15 is 0 Å². The maximum Gasteiger partial charge on any atom is 0.420 e. The number of nitrogens with two attached hydrogens (primary N) is 1. The van der Waals surface area contributed by atoms with Gasteiger partial charge in [0.15, 0.2) is 0 Å². The second kappa shape index (κ2) is 9.07. The third kappa shape index (κ3) is 6.22. The van der Waals surface area contributed by atoms with Gasteiger partial charge in [-0.05, 0) is 54.0 Å². The van der Waals surface area contributed by atoms with Gasteiger partial charge in [-0.3, -0.25) is 4.98 Å². The SMILES string of the molecule is CO[C@@H]1CCN(c2ccncc2N)C[C@H]1N(C(=O)OC(C)(C)C)C(=O)OC(C)(C)C. The zero-order chi connectivity index (χ0) is 22.7. The van der Waals surface area contributed by atoms with Gasteiger partial charge in [-0.25, -0.2) is 14.5 Å². The van der Waals surface area contributed by atoms with Gasteiger partial charge in [0.2, 0.25) is 0 Å². The van der Waals surface area contributed by atoms with Crippen molar-refractivity contribution in [1.29, 1.82) is 0 Å². The number of aromatic nitrogens is 1. The summed E-state index contributed by atoms with van der Waals surface area (Å²) >= 11 is 0. The topological polar surface area (TPSA) is 107 Å². The molecule has 0 unspecified atom stereocenters. The van der Waals surface area contributed by atoms with Gasteiger partial charge in [0, 0.05) is 26.4 Å². The van der Waals surface area contributed by atoms with E-state index in [0.29, 0.717) is 25.2 Å². The van der Waals surface area contributed by atoms with Gasteiger partial charge >= 0.3 is 12.2 Å². The second-order valence-electron chi connectivity index (χ2n) is 9.34. The second-order valence-corrected chi connectivity index (χ2v) is 9.34. The van der Waals surface area contributed by atoms with Crippen LogP contribution in [-0.4, -0.2) is 65.6 Å². The Bertz CT molecular complexity index is 728. The summed E-state index contributed by atoms with van der Waals surface area (Å²) in [6.07, 6.45) is 1.91. The van der Waals surface area contributed by atoms with Crippen LogP contribution in [0.5, 0.6) is 0 Å². The predicted molar refractivity (Wildman–Crippen MR) is 114 cm³/mol. The molecule has 2 atom stereocenters. The first-order valence-electron chi connectivity index (χ1n) is 10.0. The number of hydrogen-bond donors (Lipinski definition) is 1. The van der Waals surface area contributed by atoms with E-state index in [0.717, 1.165) is 10.6 Å². The minimum absolute atomic E-state index is 0.325. The van der Waals surface area contributed by atoms with Crippen molar-refractivity contribution in [3.8, 4) is 0 Å². The lowest BCUT2D eigenvalue weighted by molar-refractivity contribution is -0.0358. The van der Waals surface area contributed by atoms with Gasteiger partial charge in [-0.15, -0.1) is 0 Å². The van der Waals surface area contributed by atoms with Crippen LogP contribution in [-0.2, 0) is 14.2 Å². The monoisotopic (exact) mass is 422 g/mol. The van der Waals surface area contributed by atoms with Crippen LogP contribution in [0, 0.1) is 0 Å². The molecule has 0 aliphatic carbocycles. The quantitative estimate of drug-likeness (QED) is 0.789. The van der Waals surface area contributed by atoms with Crippen molar-refractivity contribution < 1.29 is 23.8 Å². The summed E-state index contributed by atoms with van der Waals surface area (Å²) in [6, 6.07) is 1.19. The molecule has 30 heavy (non-hydrogen) atoms. The molecule has 1 aromatic rings. The minimum Gasteiger partial charge on any atom is -0.443 e. The zero-order valence-corrected chi connectivity index (χ0v) is 19.0. The number of hydrogen-bond acceptors (Lipinski definition) is 8. The number of piperidine rings is 1. The molecule has 168 valence electrons. The van der Waals surface area contributed by atoms with Crippen molar-refractivity contribution in [3.63, 3.8) is 0 Å². The molecule has 1 fully saturated rings. The highest BCUT2D eigenvalue weighted by molar-refractivity contribution is 5.89. The molecule has 0 bridgehead atoms. The number of methoxy groups -OCH3 is 1. The Kier molecular flexibility index (Phi) is 7.18. The van der Waals surface area contributed by atoms with Gasteiger partial charge in [0.05, 0.1) is 29.7 Å². The van der Waals surface area contributed by atoms with E-state index < -0.39 is 29.4 Å². The molecule has 0 saturated carbocycles. The number of rotatable bonds is 3. The lowest BCUT2D eigenvalue weighted by atomic mass is 10.00. The number of pyridine rings is 1. The van der Waals surface area contributed by atoms with E-state index in [1.54, 1.807) is 61.0 Å². The number of imide groups is 1. The third-order valence-electron chi connectivity index (χ3n) is 4.50. The van der Waals surface area contributed by atoms with Crippen LogP contribution < -0.4 is 10.6 Å². The van der Waals surface area contributed by atoms with Crippen molar-refractivity contribution in [2.45, 2.75) is 71.3 Å². The summed E-state index contributed by atoms with van der Waals surface area (Å²) in [4.78, 5) is 33.2. The number of anilines is 2. The van der Waals surface area contributed by atoms with Crippen LogP contribution in [0.1, 0.15) is 48.0 Å². The van der Waals surface area contributed by atoms with Crippen LogP contribution in [0.4, 0.5) is 21.0 Å². The Morgan fingerprint density at radius 3 is 2.17 bits per heavy atom. The fourth-order valence-corrected chi connectivity index (χ4v) is 3.31. The Morgan fingerprint density at radius 2 is 1.70 bits per heavy atom. The molecule has 2 rings (SSSR count). The summed E-state index contributed by atoms with van der Waals surface area (Å²) < 4.78 is 16.7. The molecule has 2 amide bonds. The maximum absolute atomic E-state index is 13.1. The molecule has 1 saturated heterocycles. The molecule has 1 aliphatic heterocycles. The summed E-state index contributed by atoms with van der Waals surface area (Å²) in [6.45, 7) is 11.5. The third-order valence-corrected chi connectivity index (χ3v) is 4.50. The molecule has 0 aromatic carbocycles. The van der Waals surface area contributed by atoms with Crippen molar-refractivity contribution in [3.05, 3.63) is 18.5 Å².